The maximum atomic E-state index is 11.7. The topological polar surface area (TPSA) is 76.8 Å². The second-order valence-electron chi connectivity index (χ2n) is 4.90. The largest absolute Gasteiger partial charge is 0.490 e. The van der Waals surface area contributed by atoms with E-state index in [-0.39, 0.29) is 28.7 Å². The van der Waals surface area contributed by atoms with Crippen molar-refractivity contribution in [3.05, 3.63) is 28.3 Å². The van der Waals surface area contributed by atoms with Gasteiger partial charge in [-0.1, -0.05) is 6.92 Å². The second-order valence-corrected chi connectivity index (χ2v) is 7.13. The normalized spacial score (nSPS) is 21.2. The molecule has 1 aliphatic rings. The molecule has 0 aromatic carbocycles. The zero-order valence-electron chi connectivity index (χ0n) is 11.7. The highest BCUT2D eigenvalue weighted by Gasteiger charge is 2.31. The summed E-state index contributed by atoms with van der Waals surface area (Å²) in [6, 6.07) is 1.39. The van der Waals surface area contributed by atoms with Crippen LogP contribution in [0.15, 0.2) is 21.5 Å². The lowest BCUT2D eigenvalue weighted by Crippen LogP contribution is -2.35. The molecule has 0 spiro atoms. The first kappa shape index (κ1) is 15.1. The smallest absolute Gasteiger partial charge is 0.227 e. The molecule has 1 aromatic rings. The highest BCUT2D eigenvalue weighted by atomic mass is 32.2. The van der Waals surface area contributed by atoms with Gasteiger partial charge in [-0.3, -0.25) is 9.69 Å². The number of ether oxygens (including phenoxy) is 1. The Balaban J connectivity index is 2.11. The van der Waals surface area contributed by atoms with E-state index in [1.54, 1.807) is 0 Å². The summed E-state index contributed by atoms with van der Waals surface area (Å²) in [4.78, 5) is 13.7. The number of sulfone groups is 1. The van der Waals surface area contributed by atoms with E-state index in [4.69, 9.17) is 9.15 Å². The molecular formula is C13H19NO5S. The fraction of sp³-hybridized carbons (Fsp3) is 0.615. The van der Waals surface area contributed by atoms with Crippen molar-refractivity contribution in [1.29, 1.82) is 0 Å². The maximum Gasteiger partial charge on any atom is 0.227 e. The lowest BCUT2D eigenvalue weighted by Gasteiger charge is -2.25. The first-order chi connectivity index (χ1) is 9.45. The third-order valence-corrected chi connectivity index (χ3v) is 5.31. The molecule has 0 unspecified atom stereocenters. The molecule has 1 saturated heterocycles. The van der Waals surface area contributed by atoms with Crippen LogP contribution in [0.25, 0.3) is 0 Å². The number of methoxy groups -OCH3 is 1. The van der Waals surface area contributed by atoms with Crippen molar-refractivity contribution in [1.82, 2.24) is 4.90 Å². The highest BCUT2D eigenvalue weighted by Crippen LogP contribution is 2.19. The fourth-order valence-corrected chi connectivity index (χ4v) is 4.19. The van der Waals surface area contributed by atoms with Gasteiger partial charge in [0, 0.05) is 12.1 Å². The Morgan fingerprint density at radius 1 is 1.50 bits per heavy atom. The van der Waals surface area contributed by atoms with Gasteiger partial charge in [-0.25, -0.2) is 8.42 Å². The number of hydrogen-bond acceptors (Lipinski definition) is 6. The van der Waals surface area contributed by atoms with Crippen LogP contribution in [-0.2, 0) is 16.4 Å². The van der Waals surface area contributed by atoms with E-state index in [0.29, 0.717) is 25.3 Å². The molecule has 0 amide bonds. The molecule has 112 valence electrons. The van der Waals surface area contributed by atoms with E-state index >= 15 is 0 Å². The lowest BCUT2D eigenvalue weighted by atomic mass is 10.2. The molecule has 0 N–H and O–H groups in total. The minimum atomic E-state index is -2.92. The van der Waals surface area contributed by atoms with E-state index in [0.717, 1.165) is 0 Å². The average Bonchev–Trinajstić information content (AvgIpc) is 2.76. The summed E-state index contributed by atoms with van der Waals surface area (Å²) < 4.78 is 33.3. The lowest BCUT2D eigenvalue weighted by molar-refractivity contribution is 0.195. The molecule has 0 aliphatic carbocycles. The predicted molar refractivity (Wildman–Crippen MR) is 74.7 cm³/mol. The van der Waals surface area contributed by atoms with Gasteiger partial charge < -0.3 is 9.15 Å². The van der Waals surface area contributed by atoms with E-state index in [1.807, 2.05) is 11.8 Å². The summed E-state index contributed by atoms with van der Waals surface area (Å²) in [5.74, 6) is 1.10. The molecule has 6 nitrogen and oxygen atoms in total. The van der Waals surface area contributed by atoms with Crippen molar-refractivity contribution in [2.45, 2.75) is 25.9 Å². The zero-order valence-corrected chi connectivity index (χ0v) is 12.5. The Morgan fingerprint density at radius 2 is 2.25 bits per heavy atom. The standard InChI is InChI=1S/C13H19NO5S/c1-3-14(10-4-5-20(16,17)9-10)7-11-6-12(15)13(18-2)8-19-11/h6,8,10H,3-5,7,9H2,1-2H3/t10-/m0/s1. The zero-order chi connectivity index (χ0) is 14.8. The van der Waals surface area contributed by atoms with Crippen LogP contribution in [0, 0.1) is 0 Å². The first-order valence-electron chi connectivity index (χ1n) is 6.55. The molecule has 0 saturated carbocycles. The Hall–Kier alpha value is -1.34. The van der Waals surface area contributed by atoms with Gasteiger partial charge in [-0.2, -0.15) is 0 Å². The summed E-state index contributed by atoms with van der Waals surface area (Å²) in [5.41, 5.74) is -0.233. The van der Waals surface area contributed by atoms with Crippen LogP contribution in [0.1, 0.15) is 19.1 Å². The van der Waals surface area contributed by atoms with Crippen LogP contribution < -0.4 is 10.2 Å². The van der Waals surface area contributed by atoms with Crippen molar-refractivity contribution < 1.29 is 17.6 Å². The van der Waals surface area contributed by atoms with Gasteiger partial charge in [-0.05, 0) is 13.0 Å². The molecule has 2 rings (SSSR count). The molecule has 0 bridgehead atoms. The van der Waals surface area contributed by atoms with Crippen LogP contribution in [0.2, 0.25) is 0 Å². The SMILES string of the molecule is CCN(Cc1cc(=O)c(OC)co1)[C@H]1CCS(=O)(=O)C1. The number of nitrogens with zero attached hydrogens (tertiary/aromatic N) is 1. The third-order valence-electron chi connectivity index (χ3n) is 3.56. The van der Waals surface area contributed by atoms with Crippen molar-refractivity contribution in [2.24, 2.45) is 0 Å². The van der Waals surface area contributed by atoms with Crippen LogP contribution >= 0.6 is 0 Å². The van der Waals surface area contributed by atoms with Crippen LogP contribution in [0.3, 0.4) is 0 Å². The minimum absolute atomic E-state index is 0.00240. The van der Waals surface area contributed by atoms with Crippen LogP contribution in [-0.4, -0.2) is 44.5 Å². The van der Waals surface area contributed by atoms with Crippen molar-refractivity contribution in [2.75, 3.05) is 25.2 Å². The Bertz CT molecular complexity index is 622. The fourth-order valence-electron chi connectivity index (χ4n) is 2.43. The monoisotopic (exact) mass is 301 g/mol. The molecule has 1 aliphatic heterocycles. The van der Waals surface area contributed by atoms with E-state index in [9.17, 15) is 13.2 Å². The molecule has 1 atom stereocenters. The summed E-state index contributed by atoms with van der Waals surface area (Å²) in [7, 11) is -1.51. The molecule has 1 aromatic heterocycles. The maximum absolute atomic E-state index is 11.7. The van der Waals surface area contributed by atoms with Crippen LogP contribution in [0.5, 0.6) is 5.75 Å². The molecule has 0 radical (unpaired) electrons. The van der Waals surface area contributed by atoms with E-state index in [2.05, 4.69) is 0 Å². The summed E-state index contributed by atoms with van der Waals surface area (Å²) in [6.07, 6.45) is 1.92. The molecular weight excluding hydrogens is 282 g/mol. The van der Waals surface area contributed by atoms with Gasteiger partial charge in [0.05, 0.1) is 25.2 Å². The second kappa shape index (κ2) is 5.97. The van der Waals surface area contributed by atoms with Gasteiger partial charge >= 0.3 is 0 Å². The molecule has 7 heteroatoms. The minimum Gasteiger partial charge on any atom is -0.490 e. The van der Waals surface area contributed by atoms with Crippen LogP contribution in [0.4, 0.5) is 0 Å². The van der Waals surface area contributed by atoms with E-state index in [1.165, 1.54) is 19.4 Å². The van der Waals surface area contributed by atoms with Crippen molar-refractivity contribution in [3.63, 3.8) is 0 Å². The van der Waals surface area contributed by atoms with Gasteiger partial charge in [0.1, 0.15) is 12.0 Å². The van der Waals surface area contributed by atoms with Crippen molar-refractivity contribution in [3.8, 4) is 5.75 Å². The van der Waals surface area contributed by atoms with Gasteiger partial charge in [-0.15, -0.1) is 0 Å². The third kappa shape index (κ3) is 3.40. The molecule has 2 heterocycles. The summed E-state index contributed by atoms with van der Waals surface area (Å²) in [6.45, 7) is 3.10. The summed E-state index contributed by atoms with van der Waals surface area (Å²) in [5, 5.41) is 0. The Kier molecular flexibility index (Phi) is 4.49. The van der Waals surface area contributed by atoms with Crippen molar-refractivity contribution >= 4 is 9.84 Å². The highest BCUT2D eigenvalue weighted by molar-refractivity contribution is 7.91. The van der Waals surface area contributed by atoms with Gasteiger partial charge in [0.15, 0.2) is 9.84 Å². The number of rotatable bonds is 5. The Labute approximate surface area is 118 Å². The van der Waals surface area contributed by atoms with E-state index < -0.39 is 9.84 Å². The van der Waals surface area contributed by atoms with Gasteiger partial charge in [0.2, 0.25) is 11.2 Å². The molecule has 1 fully saturated rings. The average molecular weight is 301 g/mol. The Morgan fingerprint density at radius 3 is 2.75 bits per heavy atom. The quantitative estimate of drug-likeness (QED) is 0.795. The van der Waals surface area contributed by atoms with Gasteiger partial charge in [0.25, 0.3) is 0 Å². The summed E-state index contributed by atoms with van der Waals surface area (Å²) >= 11 is 0. The number of hydrogen-bond donors (Lipinski definition) is 0. The predicted octanol–water partition coefficient (Wildman–Crippen LogP) is 0.657. The first-order valence-corrected chi connectivity index (χ1v) is 8.37. The molecule has 20 heavy (non-hydrogen) atoms.